The van der Waals surface area contributed by atoms with Gasteiger partial charge in [0.05, 0.1) is 0 Å². The maximum atomic E-state index is 3.43. The van der Waals surface area contributed by atoms with Crippen molar-refractivity contribution >= 4 is 0 Å². The molecule has 1 saturated heterocycles. The van der Waals surface area contributed by atoms with E-state index in [0.717, 1.165) is 17.8 Å². The maximum Gasteiger partial charge on any atom is -0.00463 e. The Kier molecular flexibility index (Phi) is 4.79. The molecule has 0 bridgehead atoms. The van der Waals surface area contributed by atoms with Crippen molar-refractivity contribution in [1.82, 2.24) is 5.32 Å². The molecule has 0 spiro atoms. The first kappa shape index (κ1) is 11.0. The largest absolute Gasteiger partial charge is 0.317 e. The molecule has 13 heavy (non-hydrogen) atoms. The fourth-order valence-corrected chi connectivity index (χ4v) is 2.00. The van der Waals surface area contributed by atoms with Crippen LogP contribution in [0.5, 0.6) is 0 Å². The molecule has 1 atom stereocenters. The van der Waals surface area contributed by atoms with Crippen LogP contribution < -0.4 is 5.32 Å². The third-order valence-electron chi connectivity index (χ3n) is 3.63. The summed E-state index contributed by atoms with van der Waals surface area (Å²) < 4.78 is 0. The Bertz CT molecular complexity index is 125. The molecular weight excluding hydrogens is 158 g/mol. The van der Waals surface area contributed by atoms with Crippen LogP contribution in [0.15, 0.2) is 0 Å². The van der Waals surface area contributed by atoms with Crippen LogP contribution in [-0.2, 0) is 0 Å². The van der Waals surface area contributed by atoms with E-state index in [9.17, 15) is 0 Å². The van der Waals surface area contributed by atoms with E-state index in [1.807, 2.05) is 0 Å². The van der Waals surface area contributed by atoms with E-state index in [-0.39, 0.29) is 0 Å². The van der Waals surface area contributed by atoms with Gasteiger partial charge in [0.25, 0.3) is 0 Å². The van der Waals surface area contributed by atoms with Crippen LogP contribution in [0.3, 0.4) is 0 Å². The van der Waals surface area contributed by atoms with Crippen molar-refractivity contribution in [2.45, 2.75) is 46.5 Å². The molecule has 0 saturated carbocycles. The van der Waals surface area contributed by atoms with E-state index in [2.05, 4.69) is 26.1 Å². The van der Waals surface area contributed by atoms with E-state index in [0.29, 0.717) is 0 Å². The van der Waals surface area contributed by atoms with Crippen LogP contribution in [0.25, 0.3) is 0 Å². The lowest BCUT2D eigenvalue weighted by molar-refractivity contribution is 0.297. The molecule has 0 aromatic carbocycles. The molecule has 1 aliphatic heterocycles. The zero-order valence-corrected chi connectivity index (χ0v) is 9.47. The minimum Gasteiger partial charge on any atom is -0.317 e. The predicted molar refractivity (Wildman–Crippen MR) is 58.8 cm³/mol. The molecule has 1 rings (SSSR count). The van der Waals surface area contributed by atoms with Crippen molar-refractivity contribution in [2.24, 2.45) is 17.8 Å². The molecule has 0 aliphatic carbocycles. The van der Waals surface area contributed by atoms with Gasteiger partial charge in [0.15, 0.2) is 0 Å². The first-order valence-electron chi connectivity index (χ1n) is 5.91. The van der Waals surface area contributed by atoms with E-state index < -0.39 is 0 Å². The Morgan fingerprint density at radius 2 is 1.77 bits per heavy atom. The summed E-state index contributed by atoms with van der Waals surface area (Å²) in [5.41, 5.74) is 0. The maximum absolute atomic E-state index is 3.43. The minimum absolute atomic E-state index is 0.863. The standard InChI is InChI=1S/C12H25N/c1-10(2)11(3)4-5-12-6-8-13-9-7-12/h10-13H,4-9H2,1-3H3. The molecule has 0 radical (unpaired) electrons. The van der Waals surface area contributed by atoms with E-state index >= 15 is 0 Å². The lowest BCUT2D eigenvalue weighted by Crippen LogP contribution is -2.28. The van der Waals surface area contributed by atoms with Crippen LogP contribution in [0.4, 0.5) is 0 Å². The van der Waals surface area contributed by atoms with Crippen LogP contribution in [-0.4, -0.2) is 13.1 Å². The van der Waals surface area contributed by atoms with Gasteiger partial charge < -0.3 is 5.32 Å². The molecule has 1 aliphatic rings. The average Bonchev–Trinajstić information content (AvgIpc) is 2.15. The molecule has 0 amide bonds. The first-order chi connectivity index (χ1) is 6.20. The average molecular weight is 183 g/mol. The fraction of sp³-hybridized carbons (Fsp3) is 1.00. The Balaban J connectivity index is 2.10. The number of hydrogen-bond acceptors (Lipinski definition) is 1. The minimum atomic E-state index is 0.863. The second-order valence-electron chi connectivity index (χ2n) is 4.99. The Labute approximate surface area is 83.3 Å². The summed E-state index contributed by atoms with van der Waals surface area (Å²) in [6.07, 6.45) is 5.71. The van der Waals surface area contributed by atoms with Gasteiger partial charge in [-0.15, -0.1) is 0 Å². The highest BCUT2D eigenvalue weighted by molar-refractivity contribution is 4.70. The van der Waals surface area contributed by atoms with Gasteiger partial charge in [-0.1, -0.05) is 33.6 Å². The summed E-state index contributed by atoms with van der Waals surface area (Å²) in [6, 6.07) is 0. The van der Waals surface area contributed by atoms with Crippen LogP contribution >= 0.6 is 0 Å². The van der Waals surface area contributed by atoms with Crippen molar-refractivity contribution in [1.29, 1.82) is 0 Å². The first-order valence-corrected chi connectivity index (χ1v) is 5.91. The summed E-state index contributed by atoms with van der Waals surface area (Å²) in [5, 5.41) is 3.43. The normalized spacial score (nSPS) is 22.2. The smallest absolute Gasteiger partial charge is 0.00463 e. The second-order valence-corrected chi connectivity index (χ2v) is 4.99. The van der Waals surface area contributed by atoms with E-state index in [1.165, 1.54) is 38.8 Å². The molecule has 1 N–H and O–H groups in total. The third kappa shape index (κ3) is 4.12. The van der Waals surface area contributed by atoms with E-state index in [1.54, 1.807) is 0 Å². The van der Waals surface area contributed by atoms with Gasteiger partial charge in [0.1, 0.15) is 0 Å². The topological polar surface area (TPSA) is 12.0 Å². The Hall–Kier alpha value is -0.0400. The van der Waals surface area contributed by atoms with Gasteiger partial charge in [-0.25, -0.2) is 0 Å². The monoisotopic (exact) mass is 183 g/mol. The quantitative estimate of drug-likeness (QED) is 0.706. The van der Waals surface area contributed by atoms with Crippen molar-refractivity contribution in [3.63, 3.8) is 0 Å². The molecule has 78 valence electrons. The highest BCUT2D eigenvalue weighted by atomic mass is 14.9. The zero-order chi connectivity index (χ0) is 9.68. The number of nitrogens with one attached hydrogen (secondary N) is 1. The summed E-state index contributed by atoms with van der Waals surface area (Å²) in [7, 11) is 0. The second kappa shape index (κ2) is 5.64. The van der Waals surface area contributed by atoms with Crippen molar-refractivity contribution in [2.75, 3.05) is 13.1 Å². The van der Waals surface area contributed by atoms with Crippen LogP contribution in [0, 0.1) is 17.8 Å². The fourth-order valence-electron chi connectivity index (χ4n) is 2.00. The third-order valence-corrected chi connectivity index (χ3v) is 3.63. The molecule has 1 fully saturated rings. The molecule has 1 heterocycles. The highest BCUT2D eigenvalue weighted by Gasteiger charge is 2.15. The molecule has 0 aromatic heterocycles. The summed E-state index contributed by atoms with van der Waals surface area (Å²) in [6.45, 7) is 9.58. The number of hydrogen-bond donors (Lipinski definition) is 1. The van der Waals surface area contributed by atoms with Crippen LogP contribution in [0.2, 0.25) is 0 Å². The number of piperidine rings is 1. The van der Waals surface area contributed by atoms with Gasteiger partial charge in [-0.3, -0.25) is 0 Å². The van der Waals surface area contributed by atoms with Crippen molar-refractivity contribution in [3.8, 4) is 0 Å². The van der Waals surface area contributed by atoms with Crippen molar-refractivity contribution < 1.29 is 0 Å². The van der Waals surface area contributed by atoms with Gasteiger partial charge in [-0.05, 0) is 43.7 Å². The van der Waals surface area contributed by atoms with Crippen molar-refractivity contribution in [3.05, 3.63) is 0 Å². The molecule has 0 aromatic rings. The molecule has 1 unspecified atom stereocenters. The SMILES string of the molecule is CC(C)C(C)CCC1CCNCC1. The van der Waals surface area contributed by atoms with Crippen LogP contribution in [0.1, 0.15) is 46.5 Å². The Morgan fingerprint density at radius 1 is 1.15 bits per heavy atom. The lowest BCUT2D eigenvalue weighted by atomic mass is 9.86. The lowest BCUT2D eigenvalue weighted by Gasteiger charge is -2.24. The summed E-state index contributed by atoms with van der Waals surface area (Å²) in [4.78, 5) is 0. The Morgan fingerprint density at radius 3 is 2.31 bits per heavy atom. The molecule has 1 nitrogen and oxygen atoms in total. The molecule has 1 heteroatoms. The molecular formula is C12H25N. The van der Waals surface area contributed by atoms with Gasteiger partial charge in [-0.2, -0.15) is 0 Å². The van der Waals surface area contributed by atoms with Gasteiger partial charge in [0, 0.05) is 0 Å². The zero-order valence-electron chi connectivity index (χ0n) is 9.47. The van der Waals surface area contributed by atoms with Gasteiger partial charge in [0.2, 0.25) is 0 Å². The van der Waals surface area contributed by atoms with Gasteiger partial charge >= 0.3 is 0 Å². The summed E-state index contributed by atoms with van der Waals surface area (Å²) >= 11 is 0. The highest BCUT2D eigenvalue weighted by Crippen LogP contribution is 2.23. The summed E-state index contributed by atoms with van der Waals surface area (Å²) in [5.74, 6) is 2.79. The number of rotatable bonds is 4. The van der Waals surface area contributed by atoms with E-state index in [4.69, 9.17) is 0 Å². The predicted octanol–water partition coefficient (Wildman–Crippen LogP) is 3.06.